The third-order valence-corrected chi connectivity index (χ3v) is 3.07. The third-order valence-electron chi connectivity index (χ3n) is 2.33. The maximum absolute atomic E-state index is 8.82. The number of rotatable bonds is 7. The topological polar surface area (TPSA) is 50.8 Å². The van der Waals surface area contributed by atoms with Gasteiger partial charge in [0.15, 0.2) is 10.3 Å². The summed E-state index contributed by atoms with van der Waals surface area (Å²) in [5.74, 6) is 0.175. The van der Waals surface area contributed by atoms with Crippen LogP contribution in [0.4, 0.5) is 0 Å². The van der Waals surface area contributed by atoms with Crippen molar-refractivity contribution in [1.29, 1.82) is 5.26 Å². The van der Waals surface area contributed by atoms with Crippen LogP contribution < -0.4 is 0 Å². The van der Waals surface area contributed by atoms with Crippen molar-refractivity contribution in [2.75, 3.05) is 6.61 Å². The normalized spacial score (nSPS) is 10.5. The number of hydrogen-bond donors (Lipinski definition) is 0. The van der Waals surface area contributed by atoms with Crippen molar-refractivity contribution in [3.05, 3.63) is 16.1 Å². The summed E-state index contributed by atoms with van der Waals surface area (Å²) in [5, 5.41) is 9.21. The lowest BCUT2D eigenvalue weighted by Crippen LogP contribution is -2.06. The van der Waals surface area contributed by atoms with E-state index in [1.54, 1.807) is 0 Å². The molecule has 0 spiro atoms. The minimum atomic E-state index is 0.137. The van der Waals surface area contributed by atoms with Crippen LogP contribution in [0.5, 0.6) is 0 Å². The SMILES string of the molecule is CCCCCCOCn1c(C#N)nc(Cl)c1Cl. The van der Waals surface area contributed by atoms with Crippen molar-refractivity contribution >= 4 is 23.2 Å². The quantitative estimate of drug-likeness (QED) is 0.715. The van der Waals surface area contributed by atoms with Gasteiger partial charge < -0.3 is 4.74 Å². The van der Waals surface area contributed by atoms with Crippen LogP contribution in [0.25, 0.3) is 0 Å². The molecule has 6 heteroatoms. The number of hydrogen-bond acceptors (Lipinski definition) is 3. The summed E-state index contributed by atoms with van der Waals surface area (Å²) in [6, 6.07) is 1.92. The third kappa shape index (κ3) is 4.19. The van der Waals surface area contributed by atoms with Gasteiger partial charge >= 0.3 is 0 Å². The first kappa shape index (κ1) is 14.3. The van der Waals surface area contributed by atoms with Crippen LogP contribution in [-0.4, -0.2) is 16.2 Å². The van der Waals surface area contributed by atoms with E-state index < -0.39 is 0 Å². The lowest BCUT2D eigenvalue weighted by molar-refractivity contribution is 0.0735. The fourth-order valence-corrected chi connectivity index (χ4v) is 1.75. The summed E-state index contributed by atoms with van der Waals surface area (Å²) in [6.45, 7) is 3.03. The average Bonchev–Trinajstić information content (AvgIpc) is 2.60. The molecule has 17 heavy (non-hydrogen) atoms. The van der Waals surface area contributed by atoms with E-state index in [9.17, 15) is 0 Å². The van der Waals surface area contributed by atoms with E-state index in [2.05, 4.69) is 11.9 Å². The molecule has 0 saturated carbocycles. The lowest BCUT2D eigenvalue weighted by Gasteiger charge is -2.06. The fraction of sp³-hybridized carbons (Fsp3) is 0.636. The average molecular weight is 276 g/mol. The summed E-state index contributed by atoms with van der Waals surface area (Å²) in [7, 11) is 0. The van der Waals surface area contributed by atoms with Crippen molar-refractivity contribution in [3.8, 4) is 6.07 Å². The van der Waals surface area contributed by atoms with Crippen LogP contribution in [0.2, 0.25) is 10.3 Å². The van der Waals surface area contributed by atoms with E-state index >= 15 is 0 Å². The number of aromatic nitrogens is 2. The maximum Gasteiger partial charge on any atom is 0.217 e. The summed E-state index contributed by atoms with van der Waals surface area (Å²) in [6.07, 6.45) is 4.57. The Morgan fingerprint density at radius 3 is 2.76 bits per heavy atom. The molecular formula is C11H15Cl2N3O. The van der Waals surface area contributed by atoms with Crippen molar-refractivity contribution in [2.45, 2.75) is 39.3 Å². The van der Waals surface area contributed by atoms with E-state index in [0.717, 1.165) is 12.8 Å². The largest absolute Gasteiger partial charge is 0.361 e. The molecule has 0 amide bonds. The highest BCUT2D eigenvalue weighted by atomic mass is 35.5. The number of nitrogens with zero attached hydrogens (tertiary/aromatic N) is 3. The van der Waals surface area contributed by atoms with Crippen LogP contribution in [-0.2, 0) is 11.5 Å². The zero-order chi connectivity index (χ0) is 12.7. The predicted octanol–water partition coefficient (Wildman–Crippen LogP) is 3.62. The Morgan fingerprint density at radius 2 is 2.12 bits per heavy atom. The van der Waals surface area contributed by atoms with Gasteiger partial charge in [0.2, 0.25) is 5.82 Å². The number of imidazole rings is 1. The van der Waals surface area contributed by atoms with E-state index in [1.807, 2.05) is 6.07 Å². The number of nitriles is 1. The van der Waals surface area contributed by atoms with Gasteiger partial charge in [0, 0.05) is 6.61 Å². The van der Waals surface area contributed by atoms with Gasteiger partial charge in [-0.1, -0.05) is 49.4 Å². The van der Waals surface area contributed by atoms with Crippen molar-refractivity contribution in [1.82, 2.24) is 9.55 Å². The summed E-state index contributed by atoms with van der Waals surface area (Å²) < 4.78 is 6.89. The Hall–Kier alpha value is -0.760. The zero-order valence-electron chi connectivity index (χ0n) is 9.75. The van der Waals surface area contributed by atoms with Gasteiger partial charge in [0.05, 0.1) is 0 Å². The highest BCUT2D eigenvalue weighted by Crippen LogP contribution is 2.22. The first-order valence-corrected chi connectivity index (χ1v) is 6.35. The molecule has 94 valence electrons. The second-order valence-corrected chi connectivity index (χ2v) is 4.37. The summed E-state index contributed by atoms with van der Waals surface area (Å²) in [5.41, 5.74) is 0. The molecule has 1 rings (SSSR count). The molecule has 0 radical (unpaired) electrons. The Labute approximate surface area is 111 Å². The van der Waals surface area contributed by atoms with Gasteiger partial charge in [-0.15, -0.1) is 0 Å². The van der Waals surface area contributed by atoms with Crippen molar-refractivity contribution in [3.63, 3.8) is 0 Å². The van der Waals surface area contributed by atoms with Crippen LogP contribution in [0.3, 0.4) is 0 Å². The summed E-state index contributed by atoms with van der Waals surface area (Å²) >= 11 is 11.6. The van der Waals surface area contributed by atoms with Crippen LogP contribution >= 0.6 is 23.2 Å². The van der Waals surface area contributed by atoms with Crippen LogP contribution in [0.1, 0.15) is 38.4 Å². The minimum absolute atomic E-state index is 0.137. The molecule has 0 N–H and O–H groups in total. The van der Waals surface area contributed by atoms with E-state index in [4.69, 9.17) is 33.2 Å². The fourth-order valence-electron chi connectivity index (χ4n) is 1.39. The monoisotopic (exact) mass is 275 g/mol. The van der Waals surface area contributed by atoms with Crippen molar-refractivity contribution < 1.29 is 4.74 Å². The second kappa shape index (κ2) is 7.54. The van der Waals surface area contributed by atoms with Gasteiger partial charge in [-0.05, 0) is 6.42 Å². The Bertz CT molecular complexity index is 398. The standard InChI is InChI=1S/C11H15Cl2N3O/c1-2-3-4-5-6-17-8-16-9(7-14)15-10(12)11(16)13/h2-6,8H2,1H3. The number of unbranched alkanes of at least 4 members (excludes halogenated alkanes) is 3. The van der Waals surface area contributed by atoms with E-state index in [1.165, 1.54) is 17.4 Å². The molecule has 0 bridgehead atoms. The number of halogens is 2. The first-order valence-electron chi connectivity index (χ1n) is 5.60. The Kier molecular flexibility index (Phi) is 6.35. The molecule has 1 aromatic rings. The van der Waals surface area contributed by atoms with Gasteiger partial charge in [0.25, 0.3) is 0 Å². The van der Waals surface area contributed by atoms with Crippen LogP contribution in [0.15, 0.2) is 0 Å². The predicted molar refractivity (Wildman–Crippen MR) is 67.1 cm³/mol. The Balaban J connectivity index is 2.39. The molecule has 0 aliphatic rings. The van der Waals surface area contributed by atoms with Crippen molar-refractivity contribution in [2.24, 2.45) is 0 Å². The van der Waals surface area contributed by atoms with Gasteiger partial charge in [-0.3, -0.25) is 4.57 Å². The molecule has 4 nitrogen and oxygen atoms in total. The highest BCUT2D eigenvalue weighted by Gasteiger charge is 2.13. The van der Waals surface area contributed by atoms with E-state index in [0.29, 0.717) is 6.61 Å². The summed E-state index contributed by atoms with van der Waals surface area (Å²) in [4.78, 5) is 3.81. The molecule has 0 saturated heterocycles. The Morgan fingerprint density at radius 1 is 1.35 bits per heavy atom. The minimum Gasteiger partial charge on any atom is -0.361 e. The molecule has 0 fully saturated rings. The van der Waals surface area contributed by atoms with Gasteiger partial charge in [0.1, 0.15) is 12.8 Å². The highest BCUT2D eigenvalue weighted by molar-refractivity contribution is 6.40. The maximum atomic E-state index is 8.82. The van der Waals surface area contributed by atoms with Gasteiger partial charge in [-0.2, -0.15) is 5.26 Å². The first-order chi connectivity index (χ1) is 8.20. The second-order valence-electron chi connectivity index (χ2n) is 3.65. The van der Waals surface area contributed by atoms with E-state index in [-0.39, 0.29) is 22.9 Å². The number of ether oxygens (including phenoxy) is 1. The zero-order valence-corrected chi connectivity index (χ0v) is 11.3. The molecule has 0 aromatic carbocycles. The molecule has 0 aliphatic heterocycles. The molecule has 0 atom stereocenters. The van der Waals surface area contributed by atoms with Gasteiger partial charge in [-0.25, -0.2) is 4.98 Å². The molecule has 1 heterocycles. The molecular weight excluding hydrogens is 261 g/mol. The molecule has 1 aromatic heterocycles. The lowest BCUT2D eigenvalue weighted by atomic mass is 10.2. The van der Waals surface area contributed by atoms with Crippen LogP contribution in [0, 0.1) is 11.3 Å². The molecule has 0 unspecified atom stereocenters. The smallest absolute Gasteiger partial charge is 0.217 e. The molecule has 0 aliphatic carbocycles.